The molecule has 0 spiro atoms. The van der Waals surface area contributed by atoms with Crippen LogP contribution in [0.25, 0.3) is 0 Å². The van der Waals surface area contributed by atoms with Gasteiger partial charge in [-0.3, -0.25) is 0 Å². The summed E-state index contributed by atoms with van der Waals surface area (Å²) < 4.78 is 0. The second kappa shape index (κ2) is 6.13. The largest absolute Gasteiger partial charge is 0.0924 e. The fraction of sp³-hybridized carbons (Fsp3) is 0.250. The number of rotatable bonds is 4. The van der Waals surface area contributed by atoms with E-state index in [0.717, 1.165) is 0 Å². The van der Waals surface area contributed by atoms with Crippen molar-refractivity contribution in [3.05, 3.63) is 24.3 Å². The molecular formula is C8H9S4. The molecule has 0 aliphatic heterocycles. The number of benzene rings is 1. The topological polar surface area (TPSA) is 0 Å². The molecule has 1 aromatic rings. The van der Waals surface area contributed by atoms with Gasteiger partial charge < -0.3 is 0 Å². The zero-order valence-corrected chi connectivity index (χ0v) is 10.1. The standard InChI is InChI=1S/C8H9S4/c1-9-11-7-4-3-5-8(6-7)12-10-2/h4-6H,1-2H3. The highest BCUT2D eigenvalue weighted by atomic mass is 33.1. The molecule has 0 N–H and O–H groups in total. The highest BCUT2D eigenvalue weighted by Crippen LogP contribution is 2.34. The quantitative estimate of drug-likeness (QED) is 0.713. The molecule has 0 aromatic heterocycles. The van der Waals surface area contributed by atoms with Crippen molar-refractivity contribution < 1.29 is 0 Å². The third kappa shape index (κ3) is 3.56. The minimum absolute atomic E-state index is 1.28. The minimum Gasteiger partial charge on any atom is -0.0924 e. The van der Waals surface area contributed by atoms with Gasteiger partial charge in [0.1, 0.15) is 0 Å². The van der Waals surface area contributed by atoms with Crippen LogP contribution in [0.1, 0.15) is 0 Å². The lowest BCUT2D eigenvalue weighted by Gasteiger charge is -1.99. The molecule has 0 aliphatic rings. The summed E-state index contributed by atoms with van der Waals surface area (Å²) in [5.74, 6) is 0. The van der Waals surface area contributed by atoms with E-state index in [9.17, 15) is 0 Å². The van der Waals surface area contributed by atoms with Crippen LogP contribution in [0.2, 0.25) is 0 Å². The zero-order valence-electron chi connectivity index (χ0n) is 6.87. The van der Waals surface area contributed by atoms with E-state index in [1.165, 1.54) is 9.79 Å². The average Bonchev–Trinajstić information content (AvgIpc) is 2.06. The molecule has 0 nitrogen and oxygen atoms in total. The Morgan fingerprint density at radius 2 is 1.50 bits per heavy atom. The Labute approximate surface area is 89.5 Å². The van der Waals surface area contributed by atoms with Gasteiger partial charge in [0.25, 0.3) is 0 Å². The van der Waals surface area contributed by atoms with Gasteiger partial charge in [0.2, 0.25) is 0 Å². The van der Waals surface area contributed by atoms with E-state index in [1.807, 2.05) is 12.1 Å². The molecule has 0 saturated carbocycles. The first-order chi connectivity index (χ1) is 5.86. The van der Waals surface area contributed by atoms with Crippen molar-refractivity contribution in [3.8, 4) is 0 Å². The second-order valence-electron chi connectivity index (χ2n) is 1.90. The average molecular weight is 233 g/mol. The highest BCUT2D eigenvalue weighted by Gasteiger charge is 1.95. The van der Waals surface area contributed by atoms with Gasteiger partial charge >= 0.3 is 0 Å². The van der Waals surface area contributed by atoms with E-state index in [0.29, 0.717) is 0 Å². The van der Waals surface area contributed by atoms with Gasteiger partial charge in [-0.15, -0.1) is 0 Å². The Hall–Kier alpha value is 0.620. The molecule has 0 unspecified atom stereocenters. The summed E-state index contributed by atoms with van der Waals surface area (Å²) in [6, 6.07) is 9.36. The summed E-state index contributed by atoms with van der Waals surface area (Å²) in [5, 5.41) is 0. The van der Waals surface area contributed by atoms with E-state index in [2.05, 4.69) is 24.6 Å². The first kappa shape index (κ1) is 10.7. The summed E-state index contributed by atoms with van der Waals surface area (Å²) >= 11 is 0. The molecule has 0 atom stereocenters. The first-order valence-corrected chi connectivity index (χ1v) is 8.41. The van der Waals surface area contributed by atoms with Crippen LogP contribution in [0, 0.1) is 6.07 Å². The van der Waals surface area contributed by atoms with Gasteiger partial charge in [0.15, 0.2) is 0 Å². The van der Waals surface area contributed by atoms with E-state index in [4.69, 9.17) is 0 Å². The van der Waals surface area contributed by atoms with E-state index < -0.39 is 0 Å². The van der Waals surface area contributed by atoms with E-state index in [-0.39, 0.29) is 0 Å². The minimum atomic E-state index is 1.28. The van der Waals surface area contributed by atoms with E-state index in [1.54, 1.807) is 43.2 Å². The Morgan fingerprint density at radius 1 is 1.00 bits per heavy atom. The Kier molecular flexibility index (Phi) is 5.47. The zero-order chi connectivity index (χ0) is 8.81. The molecule has 12 heavy (non-hydrogen) atoms. The molecule has 0 amide bonds. The molecule has 65 valence electrons. The van der Waals surface area contributed by atoms with Crippen molar-refractivity contribution in [2.45, 2.75) is 9.79 Å². The predicted molar refractivity (Wildman–Crippen MR) is 64.0 cm³/mol. The van der Waals surface area contributed by atoms with Crippen LogP contribution in [0.5, 0.6) is 0 Å². The molecule has 0 heterocycles. The lowest BCUT2D eigenvalue weighted by Crippen LogP contribution is -1.70. The van der Waals surface area contributed by atoms with Crippen LogP contribution < -0.4 is 0 Å². The fourth-order valence-electron chi connectivity index (χ4n) is 0.718. The SMILES string of the molecule is CSSc1c[c]cc(SSC)c1. The molecule has 1 radical (unpaired) electrons. The summed E-state index contributed by atoms with van der Waals surface area (Å²) in [5.41, 5.74) is 0. The van der Waals surface area contributed by atoms with Gasteiger partial charge in [-0.1, -0.05) is 43.2 Å². The summed E-state index contributed by atoms with van der Waals surface area (Å²) in [4.78, 5) is 2.56. The Morgan fingerprint density at radius 3 is 1.92 bits per heavy atom. The normalized spacial score (nSPS) is 10.2. The van der Waals surface area contributed by atoms with Gasteiger partial charge in [-0.25, -0.2) is 0 Å². The van der Waals surface area contributed by atoms with Crippen molar-refractivity contribution >= 4 is 43.2 Å². The van der Waals surface area contributed by atoms with Crippen molar-refractivity contribution in [1.82, 2.24) is 0 Å². The van der Waals surface area contributed by atoms with Crippen LogP contribution in [-0.4, -0.2) is 12.5 Å². The summed E-state index contributed by atoms with van der Waals surface area (Å²) in [7, 11) is 7.08. The number of hydrogen-bond acceptors (Lipinski definition) is 4. The van der Waals surface area contributed by atoms with E-state index >= 15 is 0 Å². The van der Waals surface area contributed by atoms with Crippen molar-refractivity contribution in [3.63, 3.8) is 0 Å². The monoisotopic (exact) mass is 233 g/mol. The van der Waals surface area contributed by atoms with Crippen LogP contribution >= 0.6 is 43.2 Å². The third-order valence-electron chi connectivity index (χ3n) is 1.09. The van der Waals surface area contributed by atoms with Crippen molar-refractivity contribution in [2.75, 3.05) is 12.5 Å². The van der Waals surface area contributed by atoms with Gasteiger partial charge in [0, 0.05) is 9.79 Å². The third-order valence-corrected chi connectivity index (χ3v) is 4.44. The highest BCUT2D eigenvalue weighted by molar-refractivity contribution is 8.77. The molecule has 1 rings (SSSR count). The van der Waals surface area contributed by atoms with Crippen LogP contribution in [-0.2, 0) is 0 Å². The molecule has 0 aliphatic carbocycles. The maximum atomic E-state index is 3.13. The summed E-state index contributed by atoms with van der Waals surface area (Å²) in [6.07, 6.45) is 4.16. The van der Waals surface area contributed by atoms with Crippen LogP contribution in [0.3, 0.4) is 0 Å². The lowest BCUT2D eigenvalue weighted by molar-refractivity contribution is 1.34. The van der Waals surface area contributed by atoms with Gasteiger partial charge in [-0.05, 0) is 36.8 Å². The number of hydrogen-bond donors (Lipinski definition) is 0. The molecule has 4 heteroatoms. The molecule has 0 saturated heterocycles. The summed E-state index contributed by atoms with van der Waals surface area (Å²) in [6.45, 7) is 0. The molecule has 0 fully saturated rings. The van der Waals surface area contributed by atoms with Gasteiger partial charge in [0.05, 0.1) is 0 Å². The van der Waals surface area contributed by atoms with Crippen LogP contribution in [0.4, 0.5) is 0 Å². The Balaban J connectivity index is 2.67. The Bertz CT molecular complexity index is 215. The predicted octanol–water partition coefficient (Wildman–Crippen LogP) is 4.23. The van der Waals surface area contributed by atoms with Gasteiger partial charge in [-0.2, -0.15) is 0 Å². The van der Waals surface area contributed by atoms with Crippen molar-refractivity contribution in [1.29, 1.82) is 0 Å². The fourth-order valence-corrected chi connectivity index (χ4v) is 3.49. The maximum absolute atomic E-state index is 3.13. The van der Waals surface area contributed by atoms with Crippen LogP contribution in [0.15, 0.2) is 28.0 Å². The van der Waals surface area contributed by atoms with Crippen molar-refractivity contribution in [2.24, 2.45) is 0 Å². The maximum Gasteiger partial charge on any atom is 0.0200 e. The molecular weight excluding hydrogens is 224 g/mol. The molecule has 0 bridgehead atoms. The first-order valence-electron chi connectivity index (χ1n) is 3.29. The smallest absolute Gasteiger partial charge is 0.0200 e. The second-order valence-corrected chi connectivity index (χ2v) is 6.85. The molecule has 1 aromatic carbocycles. The lowest BCUT2D eigenvalue weighted by atomic mass is 10.4.